The van der Waals surface area contributed by atoms with Crippen molar-refractivity contribution in [1.82, 2.24) is 10.1 Å². The molecule has 0 aliphatic carbocycles. The van der Waals surface area contributed by atoms with Gasteiger partial charge in [-0.15, -0.1) is 18.3 Å². The van der Waals surface area contributed by atoms with E-state index < -0.39 is 0 Å². The van der Waals surface area contributed by atoms with Gasteiger partial charge in [0, 0.05) is 11.6 Å². The summed E-state index contributed by atoms with van der Waals surface area (Å²) in [4.78, 5) is 16.4. The topological polar surface area (TPSA) is 68.0 Å². The SMILES string of the molecule is CC(C)(C)c1c[c-]no1.O=C(Nc1cc[c-]cc1)c1cnc2ccccc2c1.[K+]. The molecular weight excluding hydrogens is 389 g/mol. The molecule has 0 aliphatic heterocycles. The molecule has 0 saturated carbocycles. The second kappa shape index (κ2) is 10.8. The molecule has 1 N–H and O–H groups in total. The van der Waals surface area contributed by atoms with Crippen LogP contribution in [-0.2, 0) is 5.41 Å². The van der Waals surface area contributed by atoms with E-state index in [-0.39, 0.29) is 62.7 Å². The van der Waals surface area contributed by atoms with E-state index in [4.69, 9.17) is 4.52 Å². The molecule has 0 atom stereocenters. The van der Waals surface area contributed by atoms with Gasteiger partial charge < -0.3 is 9.84 Å². The van der Waals surface area contributed by atoms with Crippen LogP contribution in [0.2, 0.25) is 0 Å². The van der Waals surface area contributed by atoms with Crippen molar-refractivity contribution >= 4 is 22.5 Å². The number of carbonyl (C=O) groups is 1. The number of nitrogens with one attached hydrogen (secondary N) is 1. The third-order valence-corrected chi connectivity index (χ3v) is 3.96. The molecule has 29 heavy (non-hydrogen) atoms. The Bertz CT molecular complexity index is 1040. The number of nitrogens with zero attached hydrogens (tertiary/aromatic N) is 2. The average Bonchev–Trinajstić information content (AvgIpc) is 3.24. The number of hydrogen-bond donors (Lipinski definition) is 1. The third-order valence-electron chi connectivity index (χ3n) is 3.96. The van der Waals surface area contributed by atoms with Gasteiger partial charge in [0.15, 0.2) is 0 Å². The van der Waals surface area contributed by atoms with Gasteiger partial charge in [0.2, 0.25) is 0 Å². The molecule has 0 bridgehead atoms. The van der Waals surface area contributed by atoms with Crippen molar-refractivity contribution in [2.45, 2.75) is 26.2 Å². The fraction of sp³-hybridized carbons (Fsp3) is 0.174. The standard InChI is InChI=1S/C16H11N2O.C7H10NO.K/c19-16(18-14-7-2-1-3-8-14)13-10-12-6-4-5-9-15(12)17-11-13;1-7(2,3)6-4-5-8-9-6;/h2-11H,(H,18,19);4H,1-3H3;/q2*-1;+1. The van der Waals surface area contributed by atoms with Gasteiger partial charge >= 0.3 is 51.4 Å². The Hall–Kier alpha value is -1.83. The van der Waals surface area contributed by atoms with E-state index in [0.717, 1.165) is 22.4 Å². The summed E-state index contributed by atoms with van der Waals surface area (Å²) in [6, 6.07) is 21.3. The molecule has 0 radical (unpaired) electrons. The van der Waals surface area contributed by atoms with Crippen molar-refractivity contribution in [3.63, 3.8) is 0 Å². The monoisotopic (exact) mass is 410 g/mol. The summed E-state index contributed by atoms with van der Waals surface area (Å²) >= 11 is 0. The zero-order valence-corrected chi connectivity index (χ0v) is 20.2. The molecule has 0 saturated heterocycles. The first kappa shape index (κ1) is 23.4. The van der Waals surface area contributed by atoms with Gasteiger partial charge in [-0.05, 0) is 23.3 Å². The molecule has 0 unspecified atom stereocenters. The number of benzene rings is 2. The van der Waals surface area contributed by atoms with Gasteiger partial charge in [-0.3, -0.25) is 9.78 Å². The molecule has 1 amide bonds. The summed E-state index contributed by atoms with van der Waals surface area (Å²) in [6.07, 6.45) is 4.21. The first-order valence-electron chi connectivity index (χ1n) is 8.89. The zero-order valence-electron chi connectivity index (χ0n) is 17.1. The van der Waals surface area contributed by atoms with E-state index in [0.29, 0.717) is 5.56 Å². The van der Waals surface area contributed by atoms with E-state index in [1.54, 1.807) is 36.5 Å². The predicted molar refractivity (Wildman–Crippen MR) is 109 cm³/mol. The van der Waals surface area contributed by atoms with E-state index >= 15 is 0 Å². The average molecular weight is 411 g/mol. The van der Waals surface area contributed by atoms with E-state index in [1.165, 1.54) is 0 Å². The minimum Gasteiger partial charge on any atom is -0.470 e. The van der Waals surface area contributed by atoms with Gasteiger partial charge in [-0.1, -0.05) is 44.7 Å². The van der Waals surface area contributed by atoms with Gasteiger partial charge in [-0.25, -0.2) is 5.16 Å². The molecule has 142 valence electrons. The maximum absolute atomic E-state index is 12.1. The molecule has 2 aromatic heterocycles. The number of carbonyl (C=O) groups excluding carboxylic acids is 1. The van der Waals surface area contributed by atoms with Crippen LogP contribution in [0.4, 0.5) is 5.69 Å². The number of rotatable bonds is 2. The van der Waals surface area contributed by atoms with E-state index in [9.17, 15) is 4.79 Å². The molecule has 0 aliphatic rings. The van der Waals surface area contributed by atoms with Gasteiger partial charge in [0.25, 0.3) is 5.91 Å². The maximum Gasteiger partial charge on any atom is 1.00 e. The number of para-hydroxylation sites is 1. The van der Waals surface area contributed by atoms with Crippen LogP contribution in [0.25, 0.3) is 10.9 Å². The van der Waals surface area contributed by atoms with Crippen LogP contribution in [0, 0.1) is 12.3 Å². The zero-order chi connectivity index (χ0) is 20.0. The number of amides is 1. The Morgan fingerprint density at radius 3 is 2.45 bits per heavy atom. The first-order chi connectivity index (χ1) is 13.4. The van der Waals surface area contributed by atoms with Crippen molar-refractivity contribution < 1.29 is 60.7 Å². The molecule has 4 aromatic rings. The molecule has 2 heterocycles. The normalized spacial score (nSPS) is 10.4. The molecule has 5 nitrogen and oxygen atoms in total. The Balaban J connectivity index is 0.000000255. The summed E-state index contributed by atoms with van der Waals surface area (Å²) in [7, 11) is 0. The van der Waals surface area contributed by atoms with Crippen molar-refractivity contribution in [3.05, 3.63) is 90.4 Å². The molecule has 6 heteroatoms. The van der Waals surface area contributed by atoms with Gasteiger partial charge in [0.1, 0.15) is 0 Å². The van der Waals surface area contributed by atoms with Crippen LogP contribution in [-0.4, -0.2) is 16.0 Å². The minimum atomic E-state index is -0.163. The fourth-order valence-corrected chi connectivity index (χ4v) is 2.41. The quantitative estimate of drug-likeness (QED) is 0.406. The predicted octanol–water partition coefficient (Wildman–Crippen LogP) is 2.06. The van der Waals surface area contributed by atoms with E-state index in [1.807, 2.05) is 30.3 Å². The summed E-state index contributed by atoms with van der Waals surface area (Å²) < 4.78 is 4.89. The summed E-state index contributed by atoms with van der Waals surface area (Å²) in [5.74, 6) is 0.715. The second-order valence-corrected chi connectivity index (χ2v) is 7.23. The Labute approximate surface area is 213 Å². The van der Waals surface area contributed by atoms with Crippen molar-refractivity contribution in [1.29, 1.82) is 0 Å². The number of aromatic nitrogens is 2. The number of hydrogen-bond acceptors (Lipinski definition) is 4. The molecule has 2 aromatic carbocycles. The smallest absolute Gasteiger partial charge is 0.470 e. The molecule has 0 fully saturated rings. The minimum absolute atomic E-state index is 0. The van der Waals surface area contributed by atoms with E-state index in [2.05, 4.69) is 48.5 Å². The Kier molecular flexibility index (Phi) is 8.73. The van der Waals surface area contributed by atoms with Gasteiger partial charge in [-0.2, -0.15) is 24.3 Å². The molecular formula is C23H21KN3O2-. The largest absolute Gasteiger partial charge is 1.00 e. The third kappa shape index (κ3) is 6.87. The first-order valence-corrected chi connectivity index (χ1v) is 8.89. The van der Waals surface area contributed by atoms with Crippen molar-refractivity contribution in [2.75, 3.05) is 5.32 Å². The van der Waals surface area contributed by atoms with Crippen molar-refractivity contribution in [2.24, 2.45) is 0 Å². The summed E-state index contributed by atoms with van der Waals surface area (Å²) in [6.45, 7) is 6.21. The second-order valence-electron chi connectivity index (χ2n) is 7.23. The summed E-state index contributed by atoms with van der Waals surface area (Å²) in [5.41, 5.74) is 2.24. The maximum atomic E-state index is 12.1. The van der Waals surface area contributed by atoms with Crippen LogP contribution < -0.4 is 56.7 Å². The molecule has 0 spiro atoms. The van der Waals surface area contributed by atoms with Crippen molar-refractivity contribution in [3.8, 4) is 0 Å². The molecule has 4 rings (SSSR count). The fourth-order valence-electron chi connectivity index (χ4n) is 2.41. The van der Waals surface area contributed by atoms with Crippen LogP contribution in [0.3, 0.4) is 0 Å². The van der Waals surface area contributed by atoms with Gasteiger partial charge in [0.05, 0.1) is 11.1 Å². The number of anilines is 1. The van der Waals surface area contributed by atoms with Crippen LogP contribution in [0.1, 0.15) is 36.9 Å². The van der Waals surface area contributed by atoms with Crippen LogP contribution >= 0.6 is 0 Å². The Morgan fingerprint density at radius 2 is 1.83 bits per heavy atom. The number of fused-ring (bicyclic) bond motifs is 1. The summed E-state index contributed by atoms with van der Waals surface area (Å²) in [5, 5.41) is 7.27. The number of pyridine rings is 1. The Morgan fingerprint density at radius 1 is 1.10 bits per heavy atom. The van der Waals surface area contributed by atoms with Crippen LogP contribution in [0.5, 0.6) is 0 Å². The van der Waals surface area contributed by atoms with Crippen LogP contribution in [0.15, 0.2) is 71.4 Å².